The molecule has 0 spiro atoms. The molecule has 0 aliphatic carbocycles. The van der Waals surface area contributed by atoms with Crippen LogP contribution in [0.15, 0.2) is 48.5 Å². The number of benzene rings is 2. The largest absolute Gasteiger partial charge is 0.497 e. The number of alkyl halides is 2. The molecule has 1 heterocycles. The van der Waals surface area contributed by atoms with Crippen LogP contribution < -0.4 is 14.8 Å². The van der Waals surface area contributed by atoms with Gasteiger partial charge in [-0.1, -0.05) is 12.1 Å². The van der Waals surface area contributed by atoms with Crippen LogP contribution in [0.1, 0.15) is 17.4 Å². The number of methoxy groups -OCH3 is 1. The topological polar surface area (TPSA) is 89.7 Å². The van der Waals surface area contributed by atoms with E-state index in [2.05, 4.69) is 15.0 Å². The molecular formula is C20H18F2N2O5. The predicted molar refractivity (Wildman–Crippen MR) is 101 cm³/mol. The Morgan fingerprint density at radius 3 is 2.59 bits per heavy atom. The Hall–Kier alpha value is -3.62. The normalized spacial score (nSPS) is 11.9. The molecule has 9 heteroatoms. The average molecular weight is 404 g/mol. The van der Waals surface area contributed by atoms with Crippen LogP contribution >= 0.6 is 0 Å². The van der Waals surface area contributed by atoms with Crippen LogP contribution in [0.25, 0.3) is 10.9 Å². The van der Waals surface area contributed by atoms with Gasteiger partial charge in [0.25, 0.3) is 5.91 Å². The lowest BCUT2D eigenvalue weighted by Gasteiger charge is -2.15. The number of ether oxygens (including phenoxy) is 3. The number of anilines is 1. The first-order valence-corrected chi connectivity index (χ1v) is 8.60. The van der Waals surface area contributed by atoms with E-state index in [0.717, 1.165) is 5.39 Å². The second-order valence-electron chi connectivity index (χ2n) is 6.05. The molecule has 0 bridgehead atoms. The molecule has 152 valence electrons. The monoisotopic (exact) mass is 404 g/mol. The third-order valence-electron chi connectivity index (χ3n) is 4.06. The minimum atomic E-state index is -3.04. The van der Waals surface area contributed by atoms with E-state index in [1.165, 1.54) is 32.2 Å². The highest BCUT2D eigenvalue weighted by Crippen LogP contribution is 2.26. The summed E-state index contributed by atoms with van der Waals surface area (Å²) in [7, 11) is 1.53. The van der Waals surface area contributed by atoms with Crippen LogP contribution in [-0.2, 0) is 9.53 Å². The van der Waals surface area contributed by atoms with Gasteiger partial charge in [0.2, 0.25) is 0 Å². The molecule has 1 unspecified atom stereocenters. The number of hydrogen-bond donors (Lipinski definition) is 2. The summed E-state index contributed by atoms with van der Waals surface area (Å²) in [5.41, 5.74) is 0.874. The van der Waals surface area contributed by atoms with Crippen molar-refractivity contribution in [3.05, 3.63) is 54.2 Å². The minimum Gasteiger partial charge on any atom is -0.497 e. The van der Waals surface area contributed by atoms with E-state index in [1.807, 2.05) is 0 Å². The fourth-order valence-corrected chi connectivity index (χ4v) is 2.62. The van der Waals surface area contributed by atoms with Crippen LogP contribution in [0, 0.1) is 0 Å². The standard InChI is InChI=1S/C20H18F2N2O5/c1-11(18(25)24-14-5-3-4-6-17(14)29-20(21)22)28-19(26)16-9-12-7-8-13(27-2)10-15(12)23-16/h3-11,20,23H,1-2H3,(H,24,25). The van der Waals surface area contributed by atoms with Crippen molar-refractivity contribution in [3.8, 4) is 11.5 Å². The lowest BCUT2D eigenvalue weighted by Crippen LogP contribution is -2.30. The van der Waals surface area contributed by atoms with Crippen LogP contribution in [0.2, 0.25) is 0 Å². The van der Waals surface area contributed by atoms with Gasteiger partial charge in [-0.05, 0) is 37.3 Å². The molecular weight excluding hydrogens is 386 g/mol. The first-order valence-electron chi connectivity index (χ1n) is 8.60. The third-order valence-corrected chi connectivity index (χ3v) is 4.06. The van der Waals surface area contributed by atoms with Crippen LogP contribution in [0.4, 0.5) is 14.5 Å². The number of hydrogen-bond acceptors (Lipinski definition) is 5. The summed E-state index contributed by atoms with van der Waals surface area (Å²) in [6, 6.07) is 12.6. The molecule has 0 fully saturated rings. The fraction of sp³-hybridized carbons (Fsp3) is 0.200. The Kier molecular flexibility index (Phi) is 5.96. The number of aromatic amines is 1. The second kappa shape index (κ2) is 8.59. The number of nitrogens with one attached hydrogen (secondary N) is 2. The quantitative estimate of drug-likeness (QED) is 0.582. The van der Waals surface area contributed by atoms with Gasteiger partial charge in [-0.15, -0.1) is 0 Å². The highest BCUT2D eigenvalue weighted by Gasteiger charge is 2.22. The van der Waals surface area contributed by atoms with Crippen molar-refractivity contribution < 1.29 is 32.6 Å². The molecule has 2 aromatic carbocycles. The van der Waals surface area contributed by atoms with E-state index in [-0.39, 0.29) is 17.1 Å². The van der Waals surface area contributed by atoms with Crippen molar-refractivity contribution in [2.24, 2.45) is 0 Å². The molecule has 1 atom stereocenters. The number of rotatable bonds is 7. The molecule has 0 saturated heterocycles. The maximum Gasteiger partial charge on any atom is 0.387 e. The maximum absolute atomic E-state index is 12.5. The van der Waals surface area contributed by atoms with Crippen LogP contribution in [0.3, 0.4) is 0 Å². The van der Waals surface area contributed by atoms with Crippen molar-refractivity contribution >= 4 is 28.5 Å². The second-order valence-corrected chi connectivity index (χ2v) is 6.05. The van der Waals surface area contributed by atoms with Gasteiger partial charge in [-0.2, -0.15) is 8.78 Å². The van der Waals surface area contributed by atoms with Crippen LogP contribution in [-0.4, -0.2) is 36.7 Å². The van der Waals surface area contributed by atoms with Crippen molar-refractivity contribution in [3.63, 3.8) is 0 Å². The number of amides is 1. The van der Waals surface area contributed by atoms with E-state index >= 15 is 0 Å². The number of halogens is 2. The molecule has 3 aromatic rings. The minimum absolute atomic E-state index is 0.0402. The zero-order valence-electron chi connectivity index (χ0n) is 15.6. The molecule has 1 amide bonds. The van der Waals surface area contributed by atoms with Crippen molar-refractivity contribution in [2.45, 2.75) is 19.6 Å². The molecule has 0 aliphatic heterocycles. The summed E-state index contributed by atoms with van der Waals surface area (Å²) in [4.78, 5) is 27.6. The zero-order valence-corrected chi connectivity index (χ0v) is 15.6. The zero-order chi connectivity index (χ0) is 21.0. The van der Waals surface area contributed by atoms with Gasteiger partial charge in [0.05, 0.1) is 12.8 Å². The molecule has 0 radical (unpaired) electrons. The lowest BCUT2D eigenvalue weighted by atomic mass is 10.2. The number of carbonyl (C=O) groups excluding carboxylic acids is 2. The Bertz CT molecular complexity index is 1030. The van der Waals surface area contributed by atoms with Crippen molar-refractivity contribution in [1.82, 2.24) is 4.98 Å². The van der Waals surface area contributed by atoms with Crippen molar-refractivity contribution in [1.29, 1.82) is 0 Å². The van der Waals surface area contributed by atoms with Gasteiger partial charge in [-0.3, -0.25) is 4.79 Å². The average Bonchev–Trinajstić information content (AvgIpc) is 3.12. The number of aromatic nitrogens is 1. The van der Waals surface area contributed by atoms with E-state index in [0.29, 0.717) is 11.3 Å². The number of carbonyl (C=O) groups is 2. The van der Waals surface area contributed by atoms with Gasteiger partial charge in [-0.25, -0.2) is 4.79 Å². The smallest absolute Gasteiger partial charge is 0.387 e. The molecule has 0 aliphatic rings. The summed E-state index contributed by atoms with van der Waals surface area (Å²) in [5.74, 6) is -1.00. The highest BCUT2D eigenvalue weighted by molar-refractivity contribution is 5.99. The van der Waals surface area contributed by atoms with Crippen LogP contribution in [0.5, 0.6) is 11.5 Å². The molecule has 2 N–H and O–H groups in total. The Morgan fingerprint density at radius 2 is 1.86 bits per heavy atom. The highest BCUT2D eigenvalue weighted by atomic mass is 19.3. The van der Waals surface area contributed by atoms with Gasteiger partial charge in [0.15, 0.2) is 6.10 Å². The molecule has 7 nitrogen and oxygen atoms in total. The van der Waals surface area contributed by atoms with E-state index in [9.17, 15) is 18.4 Å². The first-order chi connectivity index (χ1) is 13.9. The number of para-hydroxylation sites is 2. The van der Waals surface area contributed by atoms with Gasteiger partial charge >= 0.3 is 12.6 Å². The fourth-order valence-electron chi connectivity index (χ4n) is 2.62. The lowest BCUT2D eigenvalue weighted by molar-refractivity contribution is -0.123. The summed E-state index contributed by atoms with van der Waals surface area (Å²) in [6.45, 7) is -1.67. The summed E-state index contributed by atoms with van der Waals surface area (Å²) in [5, 5.41) is 3.18. The van der Waals surface area contributed by atoms with Gasteiger partial charge < -0.3 is 24.5 Å². The predicted octanol–water partition coefficient (Wildman–Crippen LogP) is 3.96. The molecule has 1 aromatic heterocycles. The Labute approximate surface area is 164 Å². The van der Waals surface area contributed by atoms with E-state index in [4.69, 9.17) is 9.47 Å². The summed E-state index contributed by atoms with van der Waals surface area (Å²) < 4.78 is 39.6. The van der Waals surface area contributed by atoms with E-state index in [1.54, 1.807) is 30.3 Å². The third kappa shape index (κ3) is 4.81. The first kappa shape index (κ1) is 20.1. The summed E-state index contributed by atoms with van der Waals surface area (Å²) >= 11 is 0. The van der Waals surface area contributed by atoms with E-state index < -0.39 is 24.6 Å². The number of fused-ring (bicyclic) bond motifs is 1. The SMILES string of the molecule is COc1ccc2cc(C(=O)OC(C)C(=O)Nc3ccccc3OC(F)F)[nH]c2c1. The number of esters is 1. The number of H-pyrrole nitrogens is 1. The van der Waals surface area contributed by atoms with Gasteiger partial charge in [0.1, 0.15) is 17.2 Å². The van der Waals surface area contributed by atoms with Crippen molar-refractivity contribution in [2.75, 3.05) is 12.4 Å². The maximum atomic E-state index is 12.5. The summed E-state index contributed by atoms with van der Waals surface area (Å²) in [6.07, 6.45) is -1.18. The molecule has 3 rings (SSSR count). The Morgan fingerprint density at radius 1 is 1.10 bits per heavy atom. The molecule has 29 heavy (non-hydrogen) atoms. The Balaban J connectivity index is 1.67. The van der Waals surface area contributed by atoms with Gasteiger partial charge in [0, 0.05) is 17.0 Å². The molecule has 0 saturated carbocycles.